The maximum atomic E-state index is 13.5. The van der Waals surface area contributed by atoms with Crippen molar-refractivity contribution in [2.75, 3.05) is 5.88 Å². The number of alkyl halides is 1. The summed E-state index contributed by atoms with van der Waals surface area (Å²) in [7, 11) is 0. The summed E-state index contributed by atoms with van der Waals surface area (Å²) in [6.45, 7) is 3.58. The van der Waals surface area contributed by atoms with Crippen molar-refractivity contribution in [3.63, 3.8) is 0 Å². The molecule has 0 saturated carbocycles. The highest BCUT2D eigenvalue weighted by Crippen LogP contribution is 2.19. The van der Waals surface area contributed by atoms with Gasteiger partial charge in [0, 0.05) is 16.4 Å². The Morgan fingerprint density at radius 2 is 1.89 bits per heavy atom. The quantitative estimate of drug-likeness (QED) is 0.832. The minimum absolute atomic E-state index is 0.0113. The lowest BCUT2D eigenvalue weighted by Gasteiger charge is -2.19. The van der Waals surface area contributed by atoms with E-state index in [0.29, 0.717) is 5.88 Å². The number of carbonyl (C=O) groups is 1. The number of carbonyl (C=O) groups excluding carboxylic acids is 1. The van der Waals surface area contributed by atoms with Gasteiger partial charge in [-0.1, -0.05) is 22.9 Å². The van der Waals surface area contributed by atoms with Gasteiger partial charge in [-0.05, 0) is 25.0 Å². The van der Waals surface area contributed by atoms with Crippen molar-refractivity contribution in [2.45, 2.75) is 19.9 Å². The van der Waals surface area contributed by atoms with Crippen molar-refractivity contribution >= 4 is 33.4 Å². The van der Waals surface area contributed by atoms with E-state index >= 15 is 0 Å². The highest BCUT2D eigenvalue weighted by Gasteiger charge is 2.21. The molecule has 2 nitrogen and oxygen atoms in total. The molecule has 0 aliphatic carbocycles. The van der Waals surface area contributed by atoms with Crippen molar-refractivity contribution in [2.24, 2.45) is 5.92 Å². The van der Waals surface area contributed by atoms with Gasteiger partial charge >= 0.3 is 0 Å². The van der Waals surface area contributed by atoms with Crippen LogP contribution in [0.1, 0.15) is 24.2 Å². The molecule has 0 fully saturated rings. The Balaban J connectivity index is 2.92. The lowest BCUT2D eigenvalue weighted by molar-refractivity contribution is 0.0922. The Hall–Kier alpha value is -0.680. The van der Waals surface area contributed by atoms with Crippen LogP contribution in [0.4, 0.5) is 8.78 Å². The number of rotatable bonds is 4. The average molecular weight is 341 g/mol. The minimum atomic E-state index is -0.898. The summed E-state index contributed by atoms with van der Waals surface area (Å²) in [4.78, 5) is 11.8. The van der Waals surface area contributed by atoms with Crippen molar-refractivity contribution in [1.29, 1.82) is 0 Å². The van der Waals surface area contributed by atoms with Crippen LogP contribution in [-0.2, 0) is 0 Å². The Bertz CT molecular complexity index is 433. The Morgan fingerprint density at radius 1 is 1.39 bits per heavy atom. The van der Waals surface area contributed by atoms with Crippen LogP contribution in [0, 0.1) is 17.6 Å². The summed E-state index contributed by atoms with van der Waals surface area (Å²) < 4.78 is 27.3. The fraction of sp³-hybridized carbons (Fsp3) is 0.417. The second-order valence-corrected chi connectivity index (χ2v) is 5.36. The Morgan fingerprint density at radius 3 is 2.33 bits per heavy atom. The third-order valence-electron chi connectivity index (χ3n) is 2.69. The van der Waals surface area contributed by atoms with Gasteiger partial charge in [0.05, 0.1) is 0 Å². The monoisotopic (exact) mass is 339 g/mol. The minimum Gasteiger partial charge on any atom is -0.349 e. The zero-order valence-corrected chi connectivity index (χ0v) is 12.3. The lowest BCUT2D eigenvalue weighted by atomic mass is 10.1. The predicted octanol–water partition coefficient (Wildman–Crippen LogP) is 3.72. The van der Waals surface area contributed by atoms with Crippen LogP contribution in [0.15, 0.2) is 16.6 Å². The first kappa shape index (κ1) is 15.4. The van der Waals surface area contributed by atoms with Gasteiger partial charge in [0.15, 0.2) is 0 Å². The Kier molecular flexibility index (Phi) is 5.53. The smallest absolute Gasteiger partial charge is 0.257 e. The van der Waals surface area contributed by atoms with Crippen LogP contribution in [0.2, 0.25) is 0 Å². The first-order chi connectivity index (χ1) is 8.36. The summed E-state index contributed by atoms with van der Waals surface area (Å²) in [6.07, 6.45) is 0. The summed E-state index contributed by atoms with van der Waals surface area (Å²) in [5.41, 5.74) is -0.577. The molecular weight excluding hydrogens is 327 g/mol. The van der Waals surface area contributed by atoms with Gasteiger partial charge in [-0.3, -0.25) is 4.79 Å². The highest BCUT2D eigenvalue weighted by atomic mass is 79.9. The summed E-state index contributed by atoms with van der Waals surface area (Å²) >= 11 is 8.61. The fourth-order valence-corrected chi connectivity index (χ4v) is 1.98. The molecule has 2 unspecified atom stereocenters. The molecule has 100 valence electrons. The topological polar surface area (TPSA) is 29.1 Å². The second kappa shape index (κ2) is 6.48. The molecule has 2 atom stereocenters. The zero-order valence-electron chi connectivity index (χ0n) is 9.94. The van der Waals surface area contributed by atoms with Gasteiger partial charge in [0.2, 0.25) is 0 Å². The van der Waals surface area contributed by atoms with Gasteiger partial charge < -0.3 is 5.32 Å². The van der Waals surface area contributed by atoms with E-state index in [9.17, 15) is 13.6 Å². The third-order valence-corrected chi connectivity index (χ3v) is 3.63. The highest BCUT2D eigenvalue weighted by molar-refractivity contribution is 9.10. The van der Waals surface area contributed by atoms with Gasteiger partial charge in [0.25, 0.3) is 5.91 Å². The molecule has 0 saturated heterocycles. The molecule has 0 aliphatic rings. The van der Waals surface area contributed by atoms with E-state index < -0.39 is 23.1 Å². The maximum absolute atomic E-state index is 13.5. The van der Waals surface area contributed by atoms with Gasteiger partial charge in [-0.15, -0.1) is 11.6 Å². The first-order valence-electron chi connectivity index (χ1n) is 5.38. The van der Waals surface area contributed by atoms with Crippen LogP contribution in [0.25, 0.3) is 0 Å². The second-order valence-electron chi connectivity index (χ2n) is 4.14. The van der Waals surface area contributed by atoms with Crippen LogP contribution in [-0.4, -0.2) is 17.8 Å². The van der Waals surface area contributed by atoms with Crippen molar-refractivity contribution < 1.29 is 13.6 Å². The molecule has 18 heavy (non-hydrogen) atoms. The molecule has 0 aliphatic heterocycles. The van der Waals surface area contributed by atoms with Crippen molar-refractivity contribution in [3.05, 3.63) is 33.8 Å². The molecule has 0 radical (unpaired) electrons. The number of halogens is 4. The van der Waals surface area contributed by atoms with Crippen LogP contribution in [0.3, 0.4) is 0 Å². The molecule has 1 aromatic rings. The van der Waals surface area contributed by atoms with Crippen LogP contribution in [0.5, 0.6) is 0 Å². The number of amides is 1. The molecule has 0 heterocycles. The van der Waals surface area contributed by atoms with E-state index in [0.717, 1.165) is 12.1 Å². The normalized spacial score (nSPS) is 14.1. The molecule has 0 spiro atoms. The summed E-state index contributed by atoms with van der Waals surface area (Å²) in [5.74, 6) is -2.21. The van der Waals surface area contributed by atoms with Gasteiger partial charge in [-0.2, -0.15) is 0 Å². The third kappa shape index (κ3) is 3.65. The van der Waals surface area contributed by atoms with E-state index in [1.54, 1.807) is 6.92 Å². The molecule has 0 aromatic heterocycles. The number of nitrogens with one attached hydrogen (secondary N) is 1. The summed E-state index contributed by atoms with van der Waals surface area (Å²) in [5, 5.41) is 2.53. The fourth-order valence-electron chi connectivity index (χ4n) is 1.31. The Labute approximate surface area is 118 Å². The number of hydrogen-bond acceptors (Lipinski definition) is 1. The van der Waals surface area contributed by atoms with Crippen molar-refractivity contribution in [1.82, 2.24) is 5.32 Å². The molecule has 1 rings (SSSR count). The van der Waals surface area contributed by atoms with E-state index in [1.807, 2.05) is 6.92 Å². The van der Waals surface area contributed by atoms with Crippen molar-refractivity contribution in [3.8, 4) is 0 Å². The molecule has 1 aromatic carbocycles. The lowest BCUT2D eigenvalue weighted by Crippen LogP contribution is -2.38. The largest absolute Gasteiger partial charge is 0.349 e. The molecule has 6 heteroatoms. The van der Waals surface area contributed by atoms with E-state index in [4.69, 9.17) is 11.6 Å². The zero-order chi connectivity index (χ0) is 13.9. The van der Waals surface area contributed by atoms with Crippen LogP contribution >= 0.6 is 27.5 Å². The first-order valence-corrected chi connectivity index (χ1v) is 6.71. The average Bonchev–Trinajstić information content (AvgIpc) is 2.26. The molecule has 1 N–H and O–H groups in total. The van der Waals surface area contributed by atoms with E-state index in [1.165, 1.54) is 0 Å². The molecule has 0 bridgehead atoms. The van der Waals surface area contributed by atoms with Gasteiger partial charge in [-0.25, -0.2) is 8.78 Å². The van der Waals surface area contributed by atoms with Crippen LogP contribution < -0.4 is 5.32 Å². The summed E-state index contributed by atoms with van der Waals surface area (Å²) in [6, 6.07) is 1.83. The predicted molar refractivity (Wildman–Crippen MR) is 70.9 cm³/mol. The SMILES string of the molecule is CC(CCl)C(C)NC(=O)c1c(F)cc(Br)cc1F. The maximum Gasteiger partial charge on any atom is 0.257 e. The molecule has 1 amide bonds. The van der Waals surface area contributed by atoms with E-state index in [2.05, 4.69) is 21.2 Å². The standard InChI is InChI=1S/C12H13BrClF2NO/c1-6(5-14)7(2)17-12(18)11-9(15)3-8(13)4-10(11)16/h3-4,6-7H,5H2,1-2H3,(H,17,18). The number of benzene rings is 1. The van der Waals surface area contributed by atoms with Gasteiger partial charge in [0.1, 0.15) is 17.2 Å². The van der Waals surface area contributed by atoms with E-state index in [-0.39, 0.29) is 16.4 Å². The molecular formula is C12H13BrClF2NO. The number of hydrogen-bond donors (Lipinski definition) is 1.